The van der Waals surface area contributed by atoms with Gasteiger partial charge in [0.05, 0.1) is 24.2 Å². The van der Waals surface area contributed by atoms with E-state index in [0.717, 1.165) is 16.4 Å². The van der Waals surface area contributed by atoms with Crippen molar-refractivity contribution in [1.82, 2.24) is 24.5 Å². The number of nitrogen functional groups attached to an aromatic ring is 1. The highest BCUT2D eigenvalue weighted by molar-refractivity contribution is 7.98. The van der Waals surface area contributed by atoms with Crippen LogP contribution < -0.4 is 10.6 Å². The monoisotopic (exact) mass is 451 g/mol. The molecule has 0 aliphatic heterocycles. The highest BCUT2D eigenvalue weighted by Gasteiger charge is 2.15. The van der Waals surface area contributed by atoms with E-state index in [1.807, 2.05) is 62.8 Å². The summed E-state index contributed by atoms with van der Waals surface area (Å²) < 4.78 is 2.20. The summed E-state index contributed by atoms with van der Waals surface area (Å²) in [6.07, 6.45) is 1.89. The number of halogens is 1. The van der Waals surface area contributed by atoms with Crippen LogP contribution in [0.1, 0.15) is 11.4 Å². The number of hydrogen-bond donors (Lipinski definition) is 1. The number of nitrogens with two attached hydrogens (primary N) is 1. The molecule has 0 aliphatic carbocycles. The molecule has 0 saturated heterocycles. The molecule has 4 aromatic rings. The van der Waals surface area contributed by atoms with Crippen LogP contribution in [0.25, 0.3) is 11.3 Å². The highest BCUT2D eigenvalue weighted by atomic mass is 35.5. The van der Waals surface area contributed by atoms with E-state index in [1.165, 1.54) is 5.56 Å². The van der Waals surface area contributed by atoms with E-state index < -0.39 is 0 Å². The van der Waals surface area contributed by atoms with E-state index in [2.05, 4.69) is 36.6 Å². The molecular formula is C22H22ClN7S. The maximum Gasteiger partial charge on any atom is 0.229 e. The number of aromatic nitrogens is 5. The van der Waals surface area contributed by atoms with Gasteiger partial charge in [0.15, 0.2) is 5.16 Å². The molecule has 0 bridgehead atoms. The minimum absolute atomic E-state index is 0.212. The molecule has 0 fully saturated rings. The first-order valence-corrected chi connectivity index (χ1v) is 11.0. The summed E-state index contributed by atoms with van der Waals surface area (Å²) in [5, 5.41) is 1.58. The van der Waals surface area contributed by atoms with E-state index in [9.17, 15) is 0 Å². The fourth-order valence-electron chi connectivity index (χ4n) is 3.06. The maximum absolute atomic E-state index is 6.08. The number of hydrogen-bond acceptors (Lipinski definition) is 7. The van der Waals surface area contributed by atoms with Crippen LogP contribution in [0.3, 0.4) is 0 Å². The maximum atomic E-state index is 6.08. The summed E-state index contributed by atoms with van der Waals surface area (Å²) in [4.78, 5) is 19.4. The van der Waals surface area contributed by atoms with Gasteiger partial charge in [0, 0.05) is 19.1 Å². The van der Waals surface area contributed by atoms with Crippen LogP contribution in [-0.2, 0) is 12.3 Å². The van der Waals surface area contributed by atoms with Gasteiger partial charge in [0.2, 0.25) is 11.9 Å². The van der Waals surface area contributed by atoms with Crippen molar-refractivity contribution < 1.29 is 0 Å². The summed E-state index contributed by atoms with van der Waals surface area (Å²) in [5.74, 6) is 1.89. The van der Waals surface area contributed by atoms with Crippen LogP contribution in [0.15, 0.2) is 66.0 Å². The van der Waals surface area contributed by atoms with Crippen molar-refractivity contribution >= 4 is 35.3 Å². The first-order valence-electron chi connectivity index (χ1n) is 9.65. The average Bonchev–Trinajstić information content (AvgIpc) is 3.15. The molecule has 2 heterocycles. The largest absolute Gasteiger partial charge is 0.368 e. The molecular weight excluding hydrogens is 430 g/mol. The number of thioether (sulfide) groups is 1. The fraction of sp³-hybridized carbons (Fsp3) is 0.182. The standard InChI is InChI=1S/C22H22ClN7S/c1-29(2)21-27-19(26-20(24)28-21)14-31-22-25-12-18(16-8-10-17(23)11-9-16)30(22)13-15-6-4-3-5-7-15/h3-12H,13-14H2,1-2H3,(H2,24,26,27,28). The van der Waals surface area contributed by atoms with Crippen molar-refractivity contribution in [2.75, 3.05) is 24.7 Å². The predicted octanol–water partition coefficient (Wildman–Crippen LogP) is 4.38. The number of rotatable bonds is 7. The minimum Gasteiger partial charge on any atom is -0.368 e. The Morgan fingerprint density at radius 2 is 1.74 bits per heavy atom. The van der Waals surface area contributed by atoms with Crippen LogP contribution in [0.5, 0.6) is 0 Å². The second-order valence-electron chi connectivity index (χ2n) is 7.10. The third kappa shape index (κ3) is 5.15. The molecule has 2 N–H and O–H groups in total. The lowest BCUT2D eigenvalue weighted by Gasteiger charge is -2.13. The molecule has 4 rings (SSSR count). The van der Waals surface area contributed by atoms with Gasteiger partial charge in [-0.05, 0) is 23.3 Å². The van der Waals surface area contributed by atoms with Crippen molar-refractivity contribution in [3.05, 3.63) is 77.2 Å². The first-order chi connectivity index (χ1) is 15.0. The number of anilines is 2. The lowest BCUT2D eigenvalue weighted by Crippen LogP contribution is -2.16. The molecule has 0 spiro atoms. The molecule has 31 heavy (non-hydrogen) atoms. The highest BCUT2D eigenvalue weighted by Crippen LogP contribution is 2.29. The molecule has 0 atom stereocenters. The Morgan fingerprint density at radius 3 is 2.45 bits per heavy atom. The molecule has 0 saturated carbocycles. The third-order valence-electron chi connectivity index (χ3n) is 4.56. The van der Waals surface area contributed by atoms with Crippen molar-refractivity contribution in [2.45, 2.75) is 17.5 Å². The van der Waals surface area contributed by atoms with E-state index in [1.54, 1.807) is 16.7 Å². The van der Waals surface area contributed by atoms with Crippen molar-refractivity contribution in [2.24, 2.45) is 0 Å². The second-order valence-corrected chi connectivity index (χ2v) is 8.48. The van der Waals surface area contributed by atoms with Gasteiger partial charge in [-0.2, -0.15) is 15.0 Å². The van der Waals surface area contributed by atoms with Gasteiger partial charge in [-0.15, -0.1) is 0 Å². The van der Waals surface area contributed by atoms with Gasteiger partial charge >= 0.3 is 0 Å². The van der Waals surface area contributed by atoms with Gasteiger partial charge < -0.3 is 15.2 Å². The van der Waals surface area contributed by atoms with Gasteiger partial charge in [-0.25, -0.2) is 4.98 Å². The molecule has 0 amide bonds. The molecule has 9 heteroatoms. The fourth-order valence-corrected chi connectivity index (χ4v) is 4.02. The number of benzene rings is 2. The Hall–Kier alpha value is -3.10. The first kappa shape index (κ1) is 21.1. The van der Waals surface area contributed by atoms with E-state index in [-0.39, 0.29) is 5.95 Å². The van der Waals surface area contributed by atoms with Crippen LogP contribution >= 0.6 is 23.4 Å². The minimum atomic E-state index is 0.212. The third-order valence-corrected chi connectivity index (χ3v) is 5.80. The van der Waals surface area contributed by atoms with Crippen molar-refractivity contribution in [1.29, 1.82) is 0 Å². The van der Waals surface area contributed by atoms with Gasteiger partial charge in [-0.1, -0.05) is 65.8 Å². The average molecular weight is 452 g/mol. The van der Waals surface area contributed by atoms with Gasteiger partial charge in [-0.3, -0.25) is 0 Å². The number of nitrogens with zero attached hydrogens (tertiary/aromatic N) is 6. The smallest absolute Gasteiger partial charge is 0.229 e. The van der Waals surface area contributed by atoms with Crippen molar-refractivity contribution in [3.63, 3.8) is 0 Å². The summed E-state index contributed by atoms with van der Waals surface area (Å²) in [6, 6.07) is 18.1. The van der Waals surface area contributed by atoms with Gasteiger partial charge in [0.25, 0.3) is 0 Å². The molecule has 2 aromatic heterocycles. The predicted molar refractivity (Wildman–Crippen MR) is 126 cm³/mol. The summed E-state index contributed by atoms with van der Waals surface area (Å²) in [5.41, 5.74) is 9.13. The lowest BCUT2D eigenvalue weighted by atomic mass is 10.1. The Bertz CT molecular complexity index is 1160. The molecule has 0 aliphatic rings. The Balaban J connectivity index is 1.65. The summed E-state index contributed by atoms with van der Waals surface area (Å²) in [6.45, 7) is 0.698. The lowest BCUT2D eigenvalue weighted by molar-refractivity contribution is 0.714. The Morgan fingerprint density at radius 1 is 1.00 bits per heavy atom. The molecule has 7 nitrogen and oxygen atoms in total. The number of imidazole rings is 1. The van der Waals surface area contributed by atoms with Crippen LogP contribution in [0.2, 0.25) is 5.02 Å². The molecule has 158 valence electrons. The normalized spacial score (nSPS) is 10.9. The SMILES string of the molecule is CN(C)c1nc(N)nc(CSc2ncc(-c3ccc(Cl)cc3)n2Cc2ccccc2)n1. The van der Waals surface area contributed by atoms with E-state index in [4.69, 9.17) is 17.3 Å². The zero-order chi connectivity index (χ0) is 21.8. The van der Waals surface area contributed by atoms with Gasteiger partial charge in [0.1, 0.15) is 5.82 Å². The van der Waals surface area contributed by atoms with Crippen LogP contribution in [-0.4, -0.2) is 38.6 Å². The zero-order valence-corrected chi connectivity index (χ0v) is 18.8. The zero-order valence-electron chi connectivity index (χ0n) is 17.2. The Kier molecular flexibility index (Phi) is 6.39. The van der Waals surface area contributed by atoms with E-state index in [0.29, 0.717) is 29.1 Å². The van der Waals surface area contributed by atoms with Crippen LogP contribution in [0, 0.1) is 0 Å². The summed E-state index contributed by atoms with van der Waals surface area (Å²) in [7, 11) is 3.74. The quantitative estimate of drug-likeness (QED) is 0.417. The second kappa shape index (κ2) is 9.36. The molecule has 0 radical (unpaired) electrons. The molecule has 2 aromatic carbocycles. The summed E-state index contributed by atoms with van der Waals surface area (Å²) >= 11 is 7.65. The topological polar surface area (TPSA) is 85.8 Å². The van der Waals surface area contributed by atoms with Crippen LogP contribution in [0.4, 0.5) is 11.9 Å². The van der Waals surface area contributed by atoms with E-state index >= 15 is 0 Å². The Labute approximate surface area is 190 Å². The van der Waals surface area contributed by atoms with Crippen molar-refractivity contribution in [3.8, 4) is 11.3 Å². The molecule has 0 unspecified atom stereocenters.